The van der Waals surface area contributed by atoms with Gasteiger partial charge < -0.3 is 28.3 Å². The van der Waals surface area contributed by atoms with E-state index in [1.807, 2.05) is 54.6 Å². The topological polar surface area (TPSA) is 55.4 Å². The van der Waals surface area contributed by atoms with Gasteiger partial charge >= 0.3 is 7.12 Å². The van der Waals surface area contributed by atoms with Crippen molar-refractivity contribution in [3.05, 3.63) is 108 Å². The molecule has 0 spiro atoms. The van der Waals surface area contributed by atoms with Gasteiger partial charge in [0, 0.05) is 11.1 Å². The Morgan fingerprint density at radius 3 is 1.65 bits per heavy atom. The highest BCUT2D eigenvalue weighted by molar-refractivity contribution is 9.09. The summed E-state index contributed by atoms with van der Waals surface area (Å²) >= 11 is 3.60. The molecule has 0 unspecified atom stereocenters. The highest BCUT2D eigenvalue weighted by Crippen LogP contribution is 2.47. The van der Waals surface area contributed by atoms with Gasteiger partial charge in [0.2, 0.25) is 0 Å². The summed E-state index contributed by atoms with van der Waals surface area (Å²) in [5, 5.41) is 0.993. The highest BCUT2D eigenvalue weighted by atomic mass is 79.9. The fourth-order valence-electron chi connectivity index (χ4n) is 6.23. The van der Waals surface area contributed by atoms with Crippen LogP contribution in [-0.2, 0) is 48.1 Å². The van der Waals surface area contributed by atoms with E-state index in [0.717, 1.165) is 47.7 Å². The van der Waals surface area contributed by atoms with E-state index in [2.05, 4.69) is 80.0 Å². The van der Waals surface area contributed by atoms with Crippen molar-refractivity contribution in [2.45, 2.75) is 115 Å². The van der Waals surface area contributed by atoms with Gasteiger partial charge in [0.25, 0.3) is 0 Å². The maximum Gasteiger partial charge on any atom is 0.466 e. The van der Waals surface area contributed by atoms with E-state index in [1.54, 1.807) is 0 Å². The van der Waals surface area contributed by atoms with Gasteiger partial charge in [-0.25, -0.2) is 0 Å². The van der Waals surface area contributed by atoms with E-state index in [4.69, 9.17) is 28.3 Å². The first-order chi connectivity index (χ1) is 22.3. The number of halogens is 1. The number of benzene rings is 3. The largest absolute Gasteiger partial charge is 0.466 e. The van der Waals surface area contributed by atoms with E-state index in [0.29, 0.717) is 26.4 Å². The minimum absolute atomic E-state index is 0.160. The molecule has 3 aromatic rings. The third-order valence-electron chi connectivity index (χ3n) is 9.52. The minimum Gasteiger partial charge on any atom is -0.403 e. The smallest absolute Gasteiger partial charge is 0.403 e. The van der Waals surface area contributed by atoms with E-state index in [-0.39, 0.29) is 24.1 Å². The summed E-state index contributed by atoms with van der Waals surface area (Å²) in [6.07, 6.45) is 2.86. The van der Waals surface area contributed by atoms with Gasteiger partial charge in [-0.2, -0.15) is 0 Å². The summed E-state index contributed by atoms with van der Waals surface area (Å²) in [5.74, 6) is -0.208. The lowest BCUT2D eigenvalue weighted by atomic mass is 9.61. The van der Waals surface area contributed by atoms with Gasteiger partial charge in [-0.3, -0.25) is 0 Å². The normalized spacial score (nSPS) is 25.5. The molecule has 2 fully saturated rings. The van der Waals surface area contributed by atoms with Crippen molar-refractivity contribution < 1.29 is 28.3 Å². The second-order valence-corrected chi connectivity index (χ2v) is 14.3. The molecule has 0 aliphatic carbocycles. The van der Waals surface area contributed by atoms with Gasteiger partial charge in [0.05, 0.1) is 49.8 Å². The lowest BCUT2D eigenvalue weighted by Gasteiger charge is -2.47. The van der Waals surface area contributed by atoms with E-state index >= 15 is 0 Å². The molecule has 5 rings (SSSR count). The zero-order chi connectivity index (χ0) is 32.4. The molecule has 2 aliphatic rings. The fraction of sp³-hybridized carbons (Fsp3) is 0.526. The molecule has 0 aromatic heterocycles. The Hall–Kier alpha value is -2.04. The molecule has 5 atom stereocenters. The van der Waals surface area contributed by atoms with Gasteiger partial charge in [-0.1, -0.05) is 120 Å². The molecule has 8 heteroatoms. The summed E-state index contributed by atoms with van der Waals surface area (Å²) in [6.45, 7) is 10.2. The SMILES string of the molecule is CC1(C)OB([C@@H]2[C@@H](OCc3ccccc3)[C@H](OCc3ccccc3)[C@@H](COCc3ccccc3)O[C@@H]2CCCCCBr)OC1(C)C. The molecule has 248 valence electrons. The Morgan fingerprint density at radius 1 is 0.630 bits per heavy atom. The van der Waals surface area contributed by atoms with Crippen molar-refractivity contribution >= 4 is 23.0 Å². The molecule has 2 saturated heterocycles. The maximum atomic E-state index is 7.05. The standard InChI is InChI=1S/C38H50BBrO6/c1-37(2)38(3,4)46-39(45-37)34-32(23-15-8-16-24-40)44-33(28-41-25-29-17-9-5-10-18-29)35(42-26-30-19-11-6-12-20-30)36(34)43-27-31-21-13-7-14-22-31/h5-7,9-14,17-22,32-36H,8,15-16,23-28H2,1-4H3/t32-,33-,34+,35-,36-/m1/s1. The van der Waals surface area contributed by atoms with Crippen molar-refractivity contribution in [1.29, 1.82) is 0 Å². The van der Waals surface area contributed by atoms with Gasteiger partial charge in [-0.15, -0.1) is 0 Å². The summed E-state index contributed by atoms with van der Waals surface area (Å²) in [4.78, 5) is 0. The van der Waals surface area contributed by atoms with Crippen LogP contribution in [0.1, 0.15) is 70.1 Å². The summed E-state index contributed by atoms with van der Waals surface area (Å²) in [6, 6.07) is 30.8. The van der Waals surface area contributed by atoms with Crippen LogP contribution in [-0.4, -0.2) is 54.7 Å². The molecule has 0 N–H and O–H groups in total. The molecule has 6 nitrogen and oxygen atoms in total. The van der Waals surface area contributed by atoms with Crippen LogP contribution in [0.4, 0.5) is 0 Å². The lowest BCUT2D eigenvalue weighted by Crippen LogP contribution is -2.59. The van der Waals surface area contributed by atoms with Crippen LogP contribution in [0.2, 0.25) is 5.82 Å². The zero-order valence-electron chi connectivity index (χ0n) is 27.8. The summed E-state index contributed by atoms with van der Waals surface area (Å²) < 4.78 is 40.7. The Bertz CT molecular complexity index is 1280. The molecule has 0 radical (unpaired) electrons. The molecule has 0 saturated carbocycles. The van der Waals surface area contributed by atoms with Crippen molar-refractivity contribution in [3.63, 3.8) is 0 Å². The Labute approximate surface area is 284 Å². The first-order valence-corrected chi connectivity index (χ1v) is 17.9. The van der Waals surface area contributed by atoms with Crippen LogP contribution < -0.4 is 0 Å². The third kappa shape index (κ3) is 9.31. The number of hydrogen-bond acceptors (Lipinski definition) is 6. The fourth-order valence-corrected chi connectivity index (χ4v) is 6.63. The average molecular weight is 694 g/mol. The Balaban J connectivity index is 1.47. The summed E-state index contributed by atoms with van der Waals surface area (Å²) in [7, 11) is -0.513. The van der Waals surface area contributed by atoms with Crippen molar-refractivity contribution in [1.82, 2.24) is 0 Å². The quantitative estimate of drug-likeness (QED) is 0.0852. The molecule has 3 aromatic carbocycles. The second kappa shape index (κ2) is 16.9. The molecule has 2 aliphatic heterocycles. The predicted octanol–water partition coefficient (Wildman–Crippen LogP) is 8.56. The van der Waals surface area contributed by atoms with E-state index in [1.165, 1.54) is 0 Å². The molecular formula is C38H50BBrO6. The van der Waals surface area contributed by atoms with Crippen molar-refractivity contribution in [2.24, 2.45) is 0 Å². The molecule has 46 heavy (non-hydrogen) atoms. The number of hydrogen-bond donors (Lipinski definition) is 0. The van der Waals surface area contributed by atoms with Crippen LogP contribution in [0, 0.1) is 0 Å². The predicted molar refractivity (Wildman–Crippen MR) is 187 cm³/mol. The monoisotopic (exact) mass is 692 g/mol. The van der Waals surface area contributed by atoms with Crippen LogP contribution in [0.5, 0.6) is 0 Å². The van der Waals surface area contributed by atoms with Crippen LogP contribution in [0.15, 0.2) is 91.0 Å². The number of ether oxygens (including phenoxy) is 4. The molecule has 0 bridgehead atoms. The second-order valence-electron chi connectivity index (χ2n) is 13.5. The van der Waals surface area contributed by atoms with Crippen LogP contribution in [0.3, 0.4) is 0 Å². The number of alkyl halides is 1. The van der Waals surface area contributed by atoms with Crippen LogP contribution >= 0.6 is 15.9 Å². The first-order valence-electron chi connectivity index (χ1n) is 16.8. The lowest BCUT2D eigenvalue weighted by molar-refractivity contribution is -0.224. The van der Waals surface area contributed by atoms with Gasteiger partial charge in [-0.05, 0) is 57.2 Å². The molecule has 2 heterocycles. The zero-order valence-corrected chi connectivity index (χ0v) is 29.4. The van der Waals surface area contributed by atoms with E-state index in [9.17, 15) is 0 Å². The Morgan fingerprint density at radius 2 is 1.13 bits per heavy atom. The van der Waals surface area contributed by atoms with Crippen molar-refractivity contribution in [2.75, 3.05) is 11.9 Å². The van der Waals surface area contributed by atoms with Gasteiger partial charge in [0.1, 0.15) is 12.2 Å². The number of unbranched alkanes of at least 4 members (excludes halogenated alkanes) is 2. The minimum atomic E-state index is -0.513. The van der Waals surface area contributed by atoms with E-state index < -0.39 is 24.4 Å². The molecular weight excluding hydrogens is 643 g/mol. The number of rotatable bonds is 16. The van der Waals surface area contributed by atoms with Crippen LogP contribution in [0.25, 0.3) is 0 Å². The Kier molecular flexibility index (Phi) is 12.9. The average Bonchev–Trinajstić information content (AvgIpc) is 3.28. The first kappa shape index (κ1) is 35.3. The third-order valence-corrected chi connectivity index (χ3v) is 10.1. The maximum absolute atomic E-state index is 7.05. The highest BCUT2D eigenvalue weighted by Gasteiger charge is 2.60. The van der Waals surface area contributed by atoms with Gasteiger partial charge in [0.15, 0.2) is 0 Å². The molecule has 0 amide bonds. The van der Waals surface area contributed by atoms with Crippen molar-refractivity contribution in [3.8, 4) is 0 Å². The summed E-state index contributed by atoms with van der Waals surface area (Å²) in [5.41, 5.74) is 2.35.